The summed E-state index contributed by atoms with van der Waals surface area (Å²) < 4.78 is 4.82. The van der Waals surface area contributed by atoms with Gasteiger partial charge in [-0.3, -0.25) is 4.79 Å². The summed E-state index contributed by atoms with van der Waals surface area (Å²) in [5.74, 6) is 0.0645. The van der Waals surface area contributed by atoms with Gasteiger partial charge in [-0.25, -0.2) is 0 Å². The Balaban J connectivity index is 2.42. The molecular weight excluding hydrogens is 166 g/mol. The molecule has 0 spiro atoms. The van der Waals surface area contributed by atoms with Gasteiger partial charge in [0.2, 0.25) is 0 Å². The topological polar surface area (TPSA) is 56.2 Å². The lowest BCUT2D eigenvalue weighted by molar-refractivity contribution is 0.0972. The highest BCUT2D eigenvalue weighted by atomic mass is 16.3. The molecule has 0 aliphatic heterocycles. The Morgan fingerprint density at radius 3 is 3.00 bits per heavy atom. The molecule has 13 heavy (non-hydrogen) atoms. The minimum atomic E-state index is -0.0209. The van der Waals surface area contributed by atoms with Crippen LogP contribution in [0.3, 0.4) is 0 Å². The molecule has 0 amide bonds. The van der Waals surface area contributed by atoms with Crippen LogP contribution in [0.5, 0.6) is 0 Å². The van der Waals surface area contributed by atoms with E-state index < -0.39 is 0 Å². The van der Waals surface area contributed by atoms with Crippen LogP contribution in [0.2, 0.25) is 0 Å². The molecule has 1 atom stereocenters. The number of Topliss-reactive ketones (excluding diaryl/α,β-unsaturated/α-hetero) is 1. The Morgan fingerprint density at radius 2 is 2.46 bits per heavy atom. The van der Waals surface area contributed by atoms with Crippen LogP contribution in [0.4, 0.5) is 0 Å². The molecule has 1 aromatic heterocycles. The minimum Gasteiger partial charge on any atom is -0.472 e. The molecule has 1 heterocycles. The maximum Gasteiger partial charge on any atom is 0.167 e. The van der Waals surface area contributed by atoms with Gasteiger partial charge in [0.1, 0.15) is 6.26 Å². The predicted molar refractivity (Wildman–Crippen MR) is 50.5 cm³/mol. The zero-order chi connectivity index (χ0) is 9.68. The highest BCUT2D eigenvalue weighted by Crippen LogP contribution is 2.07. The Kier molecular flexibility index (Phi) is 3.71. The van der Waals surface area contributed by atoms with Gasteiger partial charge in [0.15, 0.2) is 5.78 Å². The SMILES string of the molecule is CCCC(N)CC(=O)c1ccoc1. The van der Waals surface area contributed by atoms with Crippen LogP contribution in [0, 0.1) is 0 Å². The van der Waals surface area contributed by atoms with E-state index in [1.165, 1.54) is 12.5 Å². The molecule has 0 saturated carbocycles. The molecular formula is C10H15NO2. The van der Waals surface area contributed by atoms with Gasteiger partial charge in [-0.2, -0.15) is 0 Å². The first kappa shape index (κ1) is 9.99. The van der Waals surface area contributed by atoms with Crippen LogP contribution >= 0.6 is 0 Å². The van der Waals surface area contributed by atoms with Crippen LogP contribution in [0.1, 0.15) is 36.5 Å². The van der Waals surface area contributed by atoms with Crippen LogP contribution in [0.25, 0.3) is 0 Å². The van der Waals surface area contributed by atoms with Crippen molar-refractivity contribution in [2.24, 2.45) is 5.73 Å². The van der Waals surface area contributed by atoms with Gasteiger partial charge in [0, 0.05) is 12.5 Å². The number of furan rings is 1. The maximum absolute atomic E-state index is 11.5. The summed E-state index contributed by atoms with van der Waals surface area (Å²) in [5.41, 5.74) is 6.36. The number of rotatable bonds is 5. The Labute approximate surface area is 77.9 Å². The van der Waals surface area contributed by atoms with Crippen LogP contribution in [-0.4, -0.2) is 11.8 Å². The lowest BCUT2D eigenvalue weighted by Gasteiger charge is -2.07. The van der Waals surface area contributed by atoms with E-state index in [1.807, 2.05) is 0 Å². The highest BCUT2D eigenvalue weighted by molar-refractivity contribution is 5.96. The molecule has 0 aliphatic rings. The van der Waals surface area contributed by atoms with Crippen molar-refractivity contribution in [1.29, 1.82) is 0 Å². The number of hydrogen-bond donors (Lipinski definition) is 1. The van der Waals surface area contributed by atoms with E-state index in [9.17, 15) is 4.79 Å². The molecule has 0 radical (unpaired) electrons. The third-order valence-electron chi connectivity index (χ3n) is 1.95. The van der Waals surface area contributed by atoms with Gasteiger partial charge in [-0.15, -0.1) is 0 Å². The molecule has 3 heteroatoms. The van der Waals surface area contributed by atoms with E-state index in [0.29, 0.717) is 12.0 Å². The molecule has 3 nitrogen and oxygen atoms in total. The van der Waals surface area contributed by atoms with Crippen molar-refractivity contribution in [2.75, 3.05) is 0 Å². The van der Waals surface area contributed by atoms with E-state index in [0.717, 1.165) is 12.8 Å². The molecule has 0 fully saturated rings. The van der Waals surface area contributed by atoms with Gasteiger partial charge in [0.25, 0.3) is 0 Å². The molecule has 2 N–H and O–H groups in total. The van der Waals surface area contributed by atoms with Crippen LogP contribution in [0.15, 0.2) is 23.0 Å². The van der Waals surface area contributed by atoms with Gasteiger partial charge in [-0.1, -0.05) is 13.3 Å². The van der Waals surface area contributed by atoms with Crippen molar-refractivity contribution in [3.8, 4) is 0 Å². The van der Waals surface area contributed by atoms with Crippen molar-refractivity contribution in [3.63, 3.8) is 0 Å². The Bertz CT molecular complexity index is 254. The summed E-state index contributed by atoms with van der Waals surface area (Å²) in [6.45, 7) is 2.06. The van der Waals surface area contributed by atoms with E-state index >= 15 is 0 Å². The first-order valence-electron chi connectivity index (χ1n) is 4.55. The minimum absolute atomic E-state index is 0.0209. The first-order valence-corrected chi connectivity index (χ1v) is 4.55. The lowest BCUT2D eigenvalue weighted by atomic mass is 10.0. The quantitative estimate of drug-likeness (QED) is 0.706. The number of carbonyl (C=O) groups is 1. The summed E-state index contributed by atoms with van der Waals surface area (Å²) in [6, 6.07) is 1.65. The highest BCUT2D eigenvalue weighted by Gasteiger charge is 2.11. The van der Waals surface area contributed by atoms with Crippen molar-refractivity contribution in [3.05, 3.63) is 24.2 Å². The lowest BCUT2D eigenvalue weighted by Crippen LogP contribution is -2.23. The maximum atomic E-state index is 11.5. The van der Waals surface area contributed by atoms with Crippen molar-refractivity contribution in [2.45, 2.75) is 32.2 Å². The Hall–Kier alpha value is -1.09. The van der Waals surface area contributed by atoms with E-state index in [4.69, 9.17) is 10.2 Å². The van der Waals surface area contributed by atoms with Gasteiger partial charge >= 0.3 is 0 Å². The standard InChI is InChI=1S/C10H15NO2/c1-2-3-9(11)6-10(12)8-4-5-13-7-8/h4-5,7,9H,2-3,6,11H2,1H3. The van der Waals surface area contributed by atoms with Crippen molar-refractivity contribution >= 4 is 5.78 Å². The predicted octanol–water partition coefficient (Wildman–Crippen LogP) is 1.98. The van der Waals surface area contributed by atoms with E-state index in [-0.39, 0.29) is 11.8 Å². The summed E-state index contributed by atoms with van der Waals surface area (Å²) >= 11 is 0. The largest absolute Gasteiger partial charge is 0.472 e. The molecule has 1 aromatic rings. The molecule has 0 aliphatic carbocycles. The number of hydrogen-bond acceptors (Lipinski definition) is 3. The normalized spacial score (nSPS) is 12.8. The smallest absolute Gasteiger partial charge is 0.167 e. The second kappa shape index (κ2) is 4.82. The summed E-state index contributed by atoms with van der Waals surface area (Å²) in [5, 5.41) is 0. The van der Waals surface area contributed by atoms with Gasteiger partial charge in [-0.05, 0) is 12.5 Å². The monoisotopic (exact) mass is 181 g/mol. The molecule has 1 unspecified atom stereocenters. The van der Waals surface area contributed by atoms with Gasteiger partial charge < -0.3 is 10.2 Å². The summed E-state index contributed by atoms with van der Waals surface area (Å²) in [4.78, 5) is 11.5. The second-order valence-electron chi connectivity index (χ2n) is 3.19. The fourth-order valence-corrected chi connectivity index (χ4v) is 1.25. The van der Waals surface area contributed by atoms with Crippen LogP contribution < -0.4 is 5.73 Å². The average Bonchev–Trinajstić information content (AvgIpc) is 2.55. The van der Waals surface area contributed by atoms with Crippen molar-refractivity contribution in [1.82, 2.24) is 0 Å². The number of carbonyl (C=O) groups excluding carboxylic acids is 1. The van der Waals surface area contributed by atoms with Crippen molar-refractivity contribution < 1.29 is 9.21 Å². The second-order valence-corrected chi connectivity index (χ2v) is 3.19. The molecule has 72 valence electrons. The summed E-state index contributed by atoms with van der Waals surface area (Å²) in [6.07, 6.45) is 5.27. The third kappa shape index (κ3) is 3.03. The zero-order valence-corrected chi connectivity index (χ0v) is 7.82. The van der Waals surface area contributed by atoms with E-state index in [2.05, 4.69) is 6.92 Å². The average molecular weight is 181 g/mol. The third-order valence-corrected chi connectivity index (χ3v) is 1.95. The van der Waals surface area contributed by atoms with Crippen LogP contribution in [-0.2, 0) is 0 Å². The summed E-state index contributed by atoms with van der Waals surface area (Å²) in [7, 11) is 0. The number of ketones is 1. The molecule has 0 saturated heterocycles. The van der Waals surface area contributed by atoms with E-state index in [1.54, 1.807) is 6.07 Å². The Morgan fingerprint density at radius 1 is 1.69 bits per heavy atom. The fourth-order valence-electron chi connectivity index (χ4n) is 1.25. The fraction of sp³-hybridized carbons (Fsp3) is 0.500. The van der Waals surface area contributed by atoms with Gasteiger partial charge in [0.05, 0.1) is 11.8 Å². The number of nitrogens with two attached hydrogens (primary N) is 1. The molecule has 1 rings (SSSR count). The zero-order valence-electron chi connectivity index (χ0n) is 7.82. The first-order chi connectivity index (χ1) is 6.24. The molecule has 0 aromatic carbocycles. The molecule has 0 bridgehead atoms.